The number of amides is 2. The zero-order chi connectivity index (χ0) is 18.7. The smallest absolute Gasteiger partial charge is 0.410 e. The van der Waals surface area contributed by atoms with Gasteiger partial charge in [-0.05, 0) is 63.1 Å². The number of hydrogen-bond acceptors (Lipinski definition) is 3. The molecule has 1 aromatic carbocycles. The molecule has 0 unspecified atom stereocenters. The second-order valence-corrected chi connectivity index (χ2v) is 8.34. The molecule has 1 aromatic rings. The minimum atomic E-state index is -0.490. The molecule has 0 radical (unpaired) electrons. The topological polar surface area (TPSA) is 49.9 Å². The molecule has 5 nitrogen and oxygen atoms in total. The first-order valence-corrected chi connectivity index (χ1v) is 9.68. The van der Waals surface area contributed by atoms with Crippen molar-refractivity contribution in [3.8, 4) is 0 Å². The summed E-state index contributed by atoms with van der Waals surface area (Å²) >= 11 is 0. The number of aryl methyl sites for hydroxylation is 2. The van der Waals surface area contributed by atoms with Crippen LogP contribution in [-0.2, 0) is 28.8 Å². The van der Waals surface area contributed by atoms with E-state index in [1.165, 1.54) is 24.0 Å². The maximum atomic E-state index is 12.6. The first-order chi connectivity index (χ1) is 12.3. The van der Waals surface area contributed by atoms with Crippen LogP contribution in [0.1, 0.15) is 50.3 Å². The number of benzene rings is 1. The third kappa shape index (κ3) is 4.77. The zero-order valence-corrected chi connectivity index (χ0v) is 16.2. The first kappa shape index (κ1) is 18.7. The standard InChI is InChI=1S/C21H30N2O3/c1-21(2,3)26-20(25)23-12-10-22(11-13-23)19(24)15-16-8-9-17-6-4-5-7-18(17)14-16/h8-9,14H,4-7,10-13,15H2,1-3H3. The van der Waals surface area contributed by atoms with Gasteiger partial charge in [-0.25, -0.2) is 4.79 Å². The van der Waals surface area contributed by atoms with Gasteiger partial charge in [-0.1, -0.05) is 18.2 Å². The molecule has 142 valence electrons. The summed E-state index contributed by atoms with van der Waals surface area (Å²) in [5.74, 6) is 0.143. The minimum Gasteiger partial charge on any atom is -0.444 e. The number of hydrogen-bond donors (Lipinski definition) is 0. The molecule has 2 amide bonds. The van der Waals surface area contributed by atoms with Crippen molar-refractivity contribution < 1.29 is 14.3 Å². The number of ether oxygens (including phenoxy) is 1. The van der Waals surface area contributed by atoms with E-state index in [-0.39, 0.29) is 12.0 Å². The van der Waals surface area contributed by atoms with E-state index in [4.69, 9.17) is 4.74 Å². The number of carbonyl (C=O) groups is 2. The first-order valence-electron chi connectivity index (χ1n) is 9.68. The Balaban J connectivity index is 1.52. The van der Waals surface area contributed by atoms with Gasteiger partial charge in [-0.2, -0.15) is 0 Å². The van der Waals surface area contributed by atoms with Gasteiger partial charge in [0, 0.05) is 26.2 Å². The number of rotatable bonds is 2. The summed E-state index contributed by atoms with van der Waals surface area (Å²) in [7, 11) is 0. The molecule has 1 fully saturated rings. The van der Waals surface area contributed by atoms with Gasteiger partial charge < -0.3 is 14.5 Å². The van der Waals surface area contributed by atoms with Crippen LogP contribution < -0.4 is 0 Å². The molecular formula is C21H30N2O3. The lowest BCUT2D eigenvalue weighted by Crippen LogP contribution is -2.52. The fourth-order valence-corrected chi connectivity index (χ4v) is 3.65. The molecule has 2 aliphatic rings. The largest absolute Gasteiger partial charge is 0.444 e. The zero-order valence-electron chi connectivity index (χ0n) is 16.2. The normalized spacial score (nSPS) is 17.7. The summed E-state index contributed by atoms with van der Waals surface area (Å²) in [4.78, 5) is 28.3. The van der Waals surface area contributed by atoms with Crippen LogP contribution in [0.4, 0.5) is 4.79 Å². The second-order valence-electron chi connectivity index (χ2n) is 8.34. The van der Waals surface area contributed by atoms with Gasteiger partial charge in [0.1, 0.15) is 5.60 Å². The molecule has 1 aliphatic carbocycles. The third-order valence-corrected chi connectivity index (χ3v) is 5.05. The van der Waals surface area contributed by atoms with Gasteiger partial charge in [0.15, 0.2) is 0 Å². The van der Waals surface area contributed by atoms with Gasteiger partial charge in [-0.3, -0.25) is 4.79 Å². The van der Waals surface area contributed by atoms with Crippen molar-refractivity contribution >= 4 is 12.0 Å². The predicted octanol–water partition coefficient (Wildman–Crippen LogP) is 3.19. The number of fused-ring (bicyclic) bond motifs is 1. The van der Waals surface area contributed by atoms with E-state index in [9.17, 15) is 9.59 Å². The molecule has 0 bridgehead atoms. The third-order valence-electron chi connectivity index (χ3n) is 5.05. The second kappa shape index (κ2) is 7.68. The molecular weight excluding hydrogens is 328 g/mol. The van der Waals surface area contributed by atoms with Crippen molar-refractivity contribution in [2.45, 2.75) is 58.5 Å². The number of nitrogens with zero attached hydrogens (tertiary/aromatic N) is 2. The molecule has 0 aromatic heterocycles. The highest BCUT2D eigenvalue weighted by Gasteiger charge is 2.27. The van der Waals surface area contributed by atoms with E-state index in [0.717, 1.165) is 18.4 Å². The Morgan fingerprint density at radius 1 is 0.962 bits per heavy atom. The number of carbonyl (C=O) groups excluding carboxylic acids is 2. The summed E-state index contributed by atoms with van der Waals surface area (Å²) in [6.45, 7) is 7.80. The van der Waals surface area contributed by atoms with Gasteiger partial charge >= 0.3 is 6.09 Å². The van der Waals surface area contributed by atoms with Crippen molar-refractivity contribution in [2.75, 3.05) is 26.2 Å². The van der Waals surface area contributed by atoms with Gasteiger partial charge in [0.2, 0.25) is 5.91 Å². The average molecular weight is 358 g/mol. The molecule has 0 N–H and O–H groups in total. The average Bonchev–Trinajstić information content (AvgIpc) is 2.60. The quantitative estimate of drug-likeness (QED) is 0.816. The SMILES string of the molecule is CC(C)(C)OC(=O)N1CCN(C(=O)Cc2ccc3c(c2)CCCC3)CC1. The van der Waals surface area contributed by atoms with E-state index >= 15 is 0 Å². The highest BCUT2D eigenvalue weighted by atomic mass is 16.6. The fraction of sp³-hybridized carbons (Fsp3) is 0.619. The monoisotopic (exact) mass is 358 g/mol. The highest BCUT2D eigenvalue weighted by molar-refractivity contribution is 5.79. The molecule has 1 aliphatic heterocycles. The fourth-order valence-electron chi connectivity index (χ4n) is 3.65. The lowest BCUT2D eigenvalue weighted by atomic mass is 9.90. The van der Waals surface area contributed by atoms with Crippen LogP contribution in [0.5, 0.6) is 0 Å². The maximum absolute atomic E-state index is 12.6. The van der Waals surface area contributed by atoms with Crippen molar-refractivity contribution in [1.29, 1.82) is 0 Å². The predicted molar refractivity (Wildman–Crippen MR) is 101 cm³/mol. The van der Waals surface area contributed by atoms with Crippen LogP contribution in [0, 0.1) is 0 Å². The van der Waals surface area contributed by atoms with Gasteiger partial charge in [0.25, 0.3) is 0 Å². The van der Waals surface area contributed by atoms with E-state index in [1.54, 1.807) is 4.90 Å². The summed E-state index contributed by atoms with van der Waals surface area (Å²) < 4.78 is 5.40. The molecule has 1 heterocycles. The summed E-state index contributed by atoms with van der Waals surface area (Å²) in [5, 5.41) is 0. The Morgan fingerprint density at radius 2 is 1.58 bits per heavy atom. The van der Waals surface area contributed by atoms with Crippen LogP contribution in [-0.4, -0.2) is 53.6 Å². The molecule has 0 atom stereocenters. The van der Waals surface area contributed by atoms with Gasteiger partial charge in [0.05, 0.1) is 6.42 Å². The lowest BCUT2D eigenvalue weighted by molar-refractivity contribution is -0.132. The van der Waals surface area contributed by atoms with Crippen LogP contribution in [0.3, 0.4) is 0 Å². The Labute approximate surface area is 156 Å². The maximum Gasteiger partial charge on any atom is 0.410 e. The van der Waals surface area contributed by atoms with Crippen LogP contribution in [0.25, 0.3) is 0 Å². The molecule has 0 saturated carbocycles. The van der Waals surface area contributed by atoms with Crippen molar-refractivity contribution in [2.24, 2.45) is 0 Å². The minimum absolute atomic E-state index is 0.143. The van der Waals surface area contributed by atoms with Crippen molar-refractivity contribution in [1.82, 2.24) is 9.80 Å². The van der Waals surface area contributed by atoms with E-state index < -0.39 is 5.60 Å². The van der Waals surface area contributed by atoms with Gasteiger partial charge in [-0.15, -0.1) is 0 Å². The van der Waals surface area contributed by atoms with Crippen LogP contribution in [0.15, 0.2) is 18.2 Å². The lowest BCUT2D eigenvalue weighted by Gasteiger charge is -2.35. The van der Waals surface area contributed by atoms with Crippen molar-refractivity contribution in [3.63, 3.8) is 0 Å². The number of piperazine rings is 1. The Bertz CT molecular complexity index is 670. The van der Waals surface area contributed by atoms with E-state index in [1.807, 2.05) is 25.7 Å². The summed E-state index contributed by atoms with van der Waals surface area (Å²) in [5.41, 5.74) is 3.47. The molecule has 26 heavy (non-hydrogen) atoms. The van der Waals surface area contributed by atoms with Crippen molar-refractivity contribution in [3.05, 3.63) is 34.9 Å². The molecule has 3 rings (SSSR count). The molecule has 1 saturated heterocycles. The summed E-state index contributed by atoms with van der Waals surface area (Å²) in [6, 6.07) is 6.50. The van der Waals surface area contributed by atoms with E-state index in [2.05, 4.69) is 18.2 Å². The Morgan fingerprint density at radius 3 is 2.23 bits per heavy atom. The van der Waals surface area contributed by atoms with Crippen LogP contribution >= 0.6 is 0 Å². The Hall–Kier alpha value is -2.04. The molecule has 5 heteroatoms. The summed E-state index contributed by atoms with van der Waals surface area (Å²) in [6.07, 6.45) is 4.96. The molecule has 0 spiro atoms. The van der Waals surface area contributed by atoms with Crippen LogP contribution in [0.2, 0.25) is 0 Å². The Kier molecular flexibility index (Phi) is 5.54. The van der Waals surface area contributed by atoms with E-state index in [0.29, 0.717) is 32.6 Å². The highest BCUT2D eigenvalue weighted by Crippen LogP contribution is 2.22.